The van der Waals surface area contributed by atoms with E-state index in [0.29, 0.717) is 33.5 Å². The molecule has 0 bridgehead atoms. The lowest BCUT2D eigenvalue weighted by Crippen LogP contribution is -2.10. The predicted octanol–water partition coefficient (Wildman–Crippen LogP) is 2.34. The second-order valence-corrected chi connectivity index (χ2v) is 5.76. The van der Waals surface area contributed by atoms with Crippen LogP contribution in [0, 0.1) is 0 Å². The minimum Gasteiger partial charge on any atom is -0.462 e. The van der Waals surface area contributed by atoms with Crippen LogP contribution in [-0.4, -0.2) is 22.8 Å². The summed E-state index contributed by atoms with van der Waals surface area (Å²) in [4.78, 5) is 11.5. The molecule has 2 nitrogen and oxygen atoms in total. The first-order chi connectivity index (χ1) is 7.13. The highest BCUT2D eigenvalue weighted by Gasteiger charge is 2.10. The van der Waals surface area contributed by atoms with Crippen LogP contribution in [0.5, 0.6) is 0 Å². The molecule has 0 rings (SSSR count). The molecule has 0 aromatic rings. The van der Waals surface area contributed by atoms with Crippen molar-refractivity contribution in [3.63, 3.8) is 0 Å². The number of esters is 1. The van der Waals surface area contributed by atoms with Gasteiger partial charge in [-0.1, -0.05) is 44.7 Å². The van der Waals surface area contributed by atoms with Crippen molar-refractivity contribution < 1.29 is 9.53 Å². The molecule has 0 saturated carbocycles. The zero-order valence-corrected chi connectivity index (χ0v) is 12.7. The van der Waals surface area contributed by atoms with E-state index in [1.807, 2.05) is 6.92 Å². The SMILES string of the molecule is CCCCCCOC(=O)C(CC)=C([SiH3])Cl. The summed E-state index contributed by atoms with van der Waals surface area (Å²) in [5, 5.41) is 0. The fraction of sp³-hybridized carbons (Fsp3) is 0.727. The first-order valence-electron chi connectivity index (χ1n) is 5.65. The molecular weight excluding hydrogens is 228 g/mol. The van der Waals surface area contributed by atoms with Crippen LogP contribution in [0.15, 0.2) is 10.2 Å². The molecule has 0 aliphatic heterocycles. The second-order valence-electron chi connectivity index (χ2n) is 3.56. The summed E-state index contributed by atoms with van der Waals surface area (Å²) >= 11 is 5.84. The van der Waals surface area contributed by atoms with Crippen LogP contribution in [0.25, 0.3) is 0 Å². The predicted molar refractivity (Wildman–Crippen MR) is 68.2 cm³/mol. The number of hydrogen-bond donors (Lipinski definition) is 0. The fourth-order valence-corrected chi connectivity index (χ4v) is 2.08. The highest BCUT2D eigenvalue weighted by atomic mass is 35.5. The first-order valence-corrected chi connectivity index (χ1v) is 7.03. The van der Waals surface area contributed by atoms with E-state index in [-0.39, 0.29) is 5.97 Å². The molecule has 0 aliphatic carbocycles. The molecule has 4 heteroatoms. The summed E-state index contributed by atoms with van der Waals surface area (Å²) in [7, 11) is 0.714. The van der Waals surface area contributed by atoms with Crippen molar-refractivity contribution >= 4 is 27.8 Å². The van der Waals surface area contributed by atoms with Crippen molar-refractivity contribution in [2.75, 3.05) is 6.61 Å². The van der Waals surface area contributed by atoms with Crippen molar-refractivity contribution in [2.24, 2.45) is 0 Å². The highest BCUT2D eigenvalue weighted by Crippen LogP contribution is 2.12. The fourth-order valence-electron chi connectivity index (χ4n) is 1.31. The Bertz CT molecular complexity index is 223. The summed E-state index contributed by atoms with van der Waals surface area (Å²) in [5.41, 5.74) is 0.652. The summed E-state index contributed by atoms with van der Waals surface area (Å²) in [6.45, 7) is 4.60. The van der Waals surface area contributed by atoms with Crippen LogP contribution >= 0.6 is 11.6 Å². The molecule has 0 aromatic heterocycles. The van der Waals surface area contributed by atoms with E-state index in [1.165, 1.54) is 12.8 Å². The lowest BCUT2D eigenvalue weighted by Gasteiger charge is -2.07. The van der Waals surface area contributed by atoms with Crippen molar-refractivity contribution in [1.82, 2.24) is 0 Å². The minimum absolute atomic E-state index is 0.228. The molecule has 0 unspecified atom stereocenters. The number of unbranched alkanes of at least 4 members (excludes halogenated alkanes) is 3. The van der Waals surface area contributed by atoms with Crippen LogP contribution in [0.2, 0.25) is 0 Å². The van der Waals surface area contributed by atoms with Gasteiger partial charge in [0.25, 0.3) is 0 Å². The van der Waals surface area contributed by atoms with Gasteiger partial charge in [-0.15, -0.1) is 0 Å². The Morgan fingerprint density at radius 3 is 2.40 bits per heavy atom. The Balaban J connectivity index is 3.79. The lowest BCUT2D eigenvalue weighted by molar-refractivity contribution is -0.139. The molecule has 0 aliphatic rings. The van der Waals surface area contributed by atoms with Gasteiger partial charge in [0.15, 0.2) is 0 Å². The lowest BCUT2D eigenvalue weighted by atomic mass is 10.2. The largest absolute Gasteiger partial charge is 0.462 e. The number of ether oxygens (including phenoxy) is 1. The summed E-state index contributed by atoms with van der Waals surface area (Å²) in [6.07, 6.45) is 5.14. The van der Waals surface area contributed by atoms with Gasteiger partial charge in [-0.05, 0) is 12.8 Å². The van der Waals surface area contributed by atoms with Crippen molar-refractivity contribution in [3.8, 4) is 0 Å². The van der Waals surface area contributed by atoms with Crippen LogP contribution in [0.1, 0.15) is 46.0 Å². The smallest absolute Gasteiger partial charge is 0.334 e. The highest BCUT2D eigenvalue weighted by molar-refractivity contribution is 6.53. The third-order valence-corrected chi connectivity index (χ3v) is 3.08. The zero-order valence-electron chi connectivity index (χ0n) is 9.94. The molecule has 0 spiro atoms. The van der Waals surface area contributed by atoms with Gasteiger partial charge in [-0.2, -0.15) is 0 Å². The summed E-state index contributed by atoms with van der Waals surface area (Å²) in [6, 6.07) is 0. The monoisotopic (exact) mass is 248 g/mol. The molecule has 0 atom stereocenters. The third kappa shape index (κ3) is 6.74. The number of hydrogen-bond acceptors (Lipinski definition) is 2. The maximum Gasteiger partial charge on any atom is 0.334 e. The van der Waals surface area contributed by atoms with Crippen molar-refractivity contribution in [2.45, 2.75) is 46.0 Å². The average molecular weight is 249 g/mol. The van der Waals surface area contributed by atoms with Crippen molar-refractivity contribution in [3.05, 3.63) is 10.2 Å². The molecular formula is C11H21ClO2Si. The zero-order chi connectivity index (χ0) is 11.7. The molecule has 0 radical (unpaired) electrons. The number of halogens is 1. The molecule has 0 N–H and O–H groups in total. The van der Waals surface area contributed by atoms with Gasteiger partial charge in [0.1, 0.15) is 0 Å². The molecule has 0 aromatic carbocycles. The molecule has 15 heavy (non-hydrogen) atoms. The maximum absolute atomic E-state index is 11.5. The molecule has 0 fully saturated rings. The number of carbonyl (C=O) groups is 1. The van der Waals surface area contributed by atoms with E-state index in [1.54, 1.807) is 0 Å². The standard InChI is InChI=1S/C11H21ClO2Si/c1-3-5-6-7-8-14-11(13)9(4-2)10(12)15/h3-8H2,1-2,15H3. The number of rotatable bonds is 7. The van der Waals surface area contributed by atoms with Crippen LogP contribution in [0.3, 0.4) is 0 Å². The van der Waals surface area contributed by atoms with E-state index in [4.69, 9.17) is 16.3 Å². The molecule has 0 amide bonds. The van der Waals surface area contributed by atoms with E-state index >= 15 is 0 Å². The topological polar surface area (TPSA) is 26.3 Å². The van der Waals surface area contributed by atoms with Gasteiger partial charge in [0.2, 0.25) is 0 Å². The van der Waals surface area contributed by atoms with E-state index in [0.717, 1.165) is 12.8 Å². The second kappa shape index (κ2) is 8.98. The van der Waals surface area contributed by atoms with Gasteiger partial charge >= 0.3 is 5.97 Å². The van der Waals surface area contributed by atoms with Gasteiger partial charge in [0.05, 0.1) is 16.8 Å². The molecule has 0 saturated heterocycles. The Labute approximate surface area is 100 Å². The van der Waals surface area contributed by atoms with Gasteiger partial charge < -0.3 is 4.74 Å². The Morgan fingerprint density at radius 1 is 1.27 bits per heavy atom. The summed E-state index contributed by atoms with van der Waals surface area (Å²) in [5.74, 6) is -0.228. The van der Waals surface area contributed by atoms with E-state index in [9.17, 15) is 4.79 Å². The Morgan fingerprint density at radius 2 is 1.93 bits per heavy atom. The van der Waals surface area contributed by atoms with Gasteiger partial charge in [-0.3, -0.25) is 0 Å². The first kappa shape index (κ1) is 14.7. The van der Waals surface area contributed by atoms with E-state index in [2.05, 4.69) is 6.92 Å². The van der Waals surface area contributed by atoms with Crippen LogP contribution < -0.4 is 0 Å². The van der Waals surface area contributed by atoms with Crippen LogP contribution in [-0.2, 0) is 9.53 Å². The van der Waals surface area contributed by atoms with Crippen LogP contribution in [0.4, 0.5) is 0 Å². The molecule has 88 valence electrons. The maximum atomic E-state index is 11.5. The van der Waals surface area contributed by atoms with Gasteiger partial charge in [-0.25, -0.2) is 4.79 Å². The third-order valence-electron chi connectivity index (χ3n) is 2.25. The minimum atomic E-state index is -0.228. The Hall–Kier alpha value is -0.283. The van der Waals surface area contributed by atoms with Crippen molar-refractivity contribution in [1.29, 1.82) is 0 Å². The quantitative estimate of drug-likeness (QED) is 0.299. The molecule has 0 heterocycles. The average Bonchev–Trinajstić information content (AvgIpc) is 2.18. The van der Waals surface area contributed by atoms with Gasteiger partial charge in [0, 0.05) is 10.2 Å². The summed E-state index contributed by atoms with van der Waals surface area (Å²) < 4.78 is 5.82. The van der Waals surface area contributed by atoms with E-state index < -0.39 is 0 Å². The normalized spacial score (nSPS) is 12.5. The Kier molecular flexibility index (Phi) is 8.81. The number of carbonyl (C=O) groups excluding carboxylic acids is 1.